The molecule has 0 atom stereocenters. The van der Waals surface area contributed by atoms with Crippen molar-refractivity contribution in [2.45, 2.75) is 0 Å². The second-order valence-electron chi connectivity index (χ2n) is 5.12. The van der Waals surface area contributed by atoms with Gasteiger partial charge in [-0.1, -0.05) is 30.3 Å². The molecule has 10 heteroatoms. The van der Waals surface area contributed by atoms with Crippen molar-refractivity contribution in [2.24, 2.45) is 5.10 Å². The molecule has 3 rings (SSSR count). The van der Waals surface area contributed by atoms with Crippen molar-refractivity contribution in [3.63, 3.8) is 0 Å². The third kappa shape index (κ3) is 3.30. The lowest BCUT2D eigenvalue weighted by Crippen LogP contribution is -1.97. The Morgan fingerprint density at radius 2 is 2.12 bits per heavy atom. The molecule has 2 aromatic carbocycles. The van der Waals surface area contributed by atoms with Crippen molar-refractivity contribution < 1.29 is 14.8 Å². The van der Waals surface area contributed by atoms with Gasteiger partial charge >= 0.3 is 0 Å². The van der Waals surface area contributed by atoms with E-state index in [-0.39, 0.29) is 27.5 Å². The molecule has 132 valence electrons. The average Bonchev–Trinajstić information content (AvgIpc) is 3.02. The zero-order valence-electron chi connectivity index (χ0n) is 13.5. The Kier molecular flexibility index (Phi) is 4.76. The lowest BCUT2D eigenvalue weighted by molar-refractivity contribution is -0.385. The maximum atomic E-state index is 11.0. The third-order valence-corrected chi connectivity index (χ3v) is 3.78. The van der Waals surface area contributed by atoms with Crippen LogP contribution in [0.15, 0.2) is 47.6 Å². The molecule has 1 aromatic heterocycles. The van der Waals surface area contributed by atoms with Crippen LogP contribution in [0.2, 0.25) is 0 Å². The quantitative estimate of drug-likeness (QED) is 0.308. The maximum absolute atomic E-state index is 11.0. The average molecular weight is 371 g/mol. The maximum Gasteiger partial charge on any atom is 0.274 e. The molecule has 0 radical (unpaired) electrons. The van der Waals surface area contributed by atoms with Crippen molar-refractivity contribution in [1.82, 2.24) is 14.9 Å². The summed E-state index contributed by atoms with van der Waals surface area (Å²) in [7, 11) is 1.30. The molecule has 2 N–H and O–H groups in total. The molecule has 0 aliphatic rings. The Morgan fingerprint density at radius 1 is 1.38 bits per heavy atom. The number of aromatic hydroxyl groups is 1. The summed E-state index contributed by atoms with van der Waals surface area (Å²) in [6, 6.07) is 11.6. The predicted molar refractivity (Wildman–Crippen MR) is 97.2 cm³/mol. The summed E-state index contributed by atoms with van der Waals surface area (Å²) in [6.45, 7) is 0. The summed E-state index contributed by atoms with van der Waals surface area (Å²) >= 11 is 5.17. The zero-order valence-corrected chi connectivity index (χ0v) is 14.3. The summed E-state index contributed by atoms with van der Waals surface area (Å²) in [5, 5.41) is 32.2. The van der Waals surface area contributed by atoms with Crippen LogP contribution in [-0.2, 0) is 0 Å². The number of aromatic nitrogens is 3. The van der Waals surface area contributed by atoms with Crippen molar-refractivity contribution in [3.05, 3.63) is 62.9 Å². The highest BCUT2D eigenvalue weighted by Crippen LogP contribution is 2.33. The molecule has 0 spiro atoms. The van der Waals surface area contributed by atoms with Crippen LogP contribution >= 0.6 is 12.2 Å². The normalized spacial score (nSPS) is 11.0. The second-order valence-corrected chi connectivity index (χ2v) is 5.50. The number of H-pyrrole nitrogens is 1. The lowest BCUT2D eigenvalue weighted by Gasteiger charge is -2.06. The van der Waals surface area contributed by atoms with Gasteiger partial charge in [0.2, 0.25) is 4.77 Å². The topological polar surface area (TPSA) is 119 Å². The molecule has 26 heavy (non-hydrogen) atoms. The molecule has 0 amide bonds. The number of phenols is 1. The van der Waals surface area contributed by atoms with Crippen LogP contribution in [0.5, 0.6) is 11.5 Å². The first-order chi connectivity index (χ1) is 12.5. The molecular formula is C16H13N5O4S. The summed E-state index contributed by atoms with van der Waals surface area (Å²) in [4.78, 5) is 10.5. The van der Waals surface area contributed by atoms with E-state index in [1.807, 2.05) is 30.3 Å². The van der Waals surface area contributed by atoms with Gasteiger partial charge in [0.15, 0.2) is 17.3 Å². The number of benzene rings is 2. The minimum Gasteiger partial charge on any atom is -0.504 e. The molecule has 0 aliphatic heterocycles. The van der Waals surface area contributed by atoms with Crippen molar-refractivity contribution in [3.8, 4) is 22.9 Å². The highest BCUT2D eigenvalue weighted by atomic mass is 32.1. The number of hydrogen-bond acceptors (Lipinski definition) is 7. The van der Waals surface area contributed by atoms with Crippen LogP contribution in [0.25, 0.3) is 11.4 Å². The van der Waals surface area contributed by atoms with Gasteiger partial charge in [-0.2, -0.15) is 14.9 Å². The van der Waals surface area contributed by atoms with Crippen LogP contribution in [0, 0.1) is 14.9 Å². The number of nitrogens with one attached hydrogen (secondary N) is 1. The first kappa shape index (κ1) is 17.3. The van der Waals surface area contributed by atoms with Gasteiger partial charge in [0, 0.05) is 17.2 Å². The van der Waals surface area contributed by atoms with E-state index in [2.05, 4.69) is 15.3 Å². The number of methoxy groups -OCH3 is 1. The first-order valence-electron chi connectivity index (χ1n) is 7.34. The number of aromatic amines is 1. The summed E-state index contributed by atoms with van der Waals surface area (Å²) in [5.74, 6) is 0.168. The van der Waals surface area contributed by atoms with Crippen molar-refractivity contribution in [1.29, 1.82) is 0 Å². The Balaban J connectivity index is 2.07. The number of ether oxygens (including phenoxy) is 1. The standard InChI is InChI=1S/C16H13N5O4S/c1-25-13-8-12(21(23)24)7-11(14(13)22)9-17-20-15(18-19-16(20)26)10-5-3-2-4-6-10/h2-9,22H,1H3,(H,19,26)/b17-9-. The van der Waals surface area contributed by atoms with Crippen LogP contribution < -0.4 is 4.74 Å². The molecule has 0 unspecified atom stereocenters. The van der Waals surface area contributed by atoms with Crippen LogP contribution in [0.1, 0.15) is 5.56 Å². The van der Waals surface area contributed by atoms with E-state index in [0.29, 0.717) is 5.82 Å². The third-order valence-electron chi connectivity index (χ3n) is 3.51. The van der Waals surface area contributed by atoms with Gasteiger partial charge in [-0.3, -0.25) is 10.1 Å². The monoisotopic (exact) mass is 371 g/mol. The Bertz CT molecular complexity index is 1040. The summed E-state index contributed by atoms with van der Waals surface area (Å²) < 4.78 is 6.56. The molecule has 0 bridgehead atoms. The molecule has 0 saturated heterocycles. The number of hydrogen-bond donors (Lipinski definition) is 2. The predicted octanol–water partition coefficient (Wildman–Crippen LogP) is 3.11. The van der Waals surface area contributed by atoms with Gasteiger partial charge in [0.05, 0.1) is 24.3 Å². The smallest absolute Gasteiger partial charge is 0.274 e. The number of rotatable bonds is 5. The van der Waals surface area contributed by atoms with Crippen LogP contribution in [0.4, 0.5) is 5.69 Å². The molecule has 9 nitrogen and oxygen atoms in total. The largest absolute Gasteiger partial charge is 0.504 e. The van der Waals surface area contributed by atoms with Gasteiger partial charge in [-0.15, -0.1) is 0 Å². The summed E-state index contributed by atoms with van der Waals surface area (Å²) in [6.07, 6.45) is 1.25. The fourth-order valence-corrected chi connectivity index (χ4v) is 2.45. The highest BCUT2D eigenvalue weighted by molar-refractivity contribution is 7.71. The van der Waals surface area contributed by atoms with Gasteiger partial charge in [0.1, 0.15) is 0 Å². The van der Waals surface area contributed by atoms with Crippen LogP contribution in [-0.4, -0.2) is 38.2 Å². The Hall–Kier alpha value is -3.53. The van der Waals surface area contributed by atoms with E-state index in [1.54, 1.807) is 0 Å². The number of non-ortho nitro benzene ring substituents is 1. The molecular weight excluding hydrogens is 358 g/mol. The van der Waals surface area contributed by atoms with E-state index >= 15 is 0 Å². The van der Waals surface area contributed by atoms with E-state index in [9.17, 15) is 15.2 Å². The molecule has 3 aromatic rings. The Morgan fingerprint density at radius 3 is 2.77 bits per heavy atom. The fraction of sp³-hybridized carbons (Fsp3) is 0.0625. The van der Waals surface area contributed by atoms with Gasteiger partial charge in [0.25, 0.3) is 5.69 Å². The van der Waals surface area contributed by atoms with Crippen molar-refractivity contribution >= 4 is 24.1 Å². The minimum atomic E-state index is -0.585. The Labute approximate surface area is 152 Å². The molecule has 1 heterocycles. The van der Waals surface area contributed by atoms with Crippen LogP contribution in [0.3, 0.4) is 0 Å². The molecule has 0 fully saturated rings. The second kappa shape index (κ2) is 7.15. The van der Waals surface area contributed by atoms with E-state index in [1.165, 1.54) is 24.1 Å². The molecule has 0 saturated carbocycles. The number of nitro benzene ring substituents is 1. The number of nitro groups is 1. The fourth-order valence-electron chi connectivity index (χ4n) is 2.27. The van der Waals surface area contributed by atoms with Gasteiger partial charge in [-0.25, -0.2) is 5.10 Å². The number of nitrogens with zero attached hydrogens (tertiary/aromatic N) is 4. The highest BCUT2D eigenvalue weighted by Gasteiger charge is 2.16. The summed E-state index contributed by atoms with van der Waals surface area (Å²) in [5.41, 5.74) is 0.649. The molecule has 0 aliphatic carbocycles. The zero-order chi connectivity index (χ0) is 18.7. The van der Waals surface area contributed by atoms with E-state index in [4.69, 9.17) is 17.0 Å². The number of phenolic OH excluding ortho intramolecular Hbond substituents is 1. The van der Waals surface area contributed by atoms with E-state index < -0.39 is 4.92 Å². The minimum absolute atomic E-state index is 0.0280. The van der Waals surface area contributed by atoms with Gasteiger partial charge < -0.3 is 9.84 Å². The van der Waals surface area contributed by atoms with Gasteiger partial charge in [-0.05, 0) is 12.2 Å². The SMILES string of the molecule is COc1cc([N+](=O)[O-])cc(/C=N\n2c(-c3ccccc3)n[nH]c2=S)c1O. The first-order valence-corrected chi connectivity index (χ1v) is 7.74. The van der Waals surface area contributed by atoms with Crippen molar-refractivity contribution in [2.75, 3.05) is 7.11 Å². The van der Waals surface area contributed by atoms with E-state index in [0.717, 1.165) is 11.6 Å². The lowest BCUT2D eigenvalue weighted by atomic mass is 10.2.